The molecular formula is C19H17F3N4O4. The highest BCUT2D eigenvalue weighted by molar-refractivity contribution is 5.67. The van der Waals surface area contributed by atoms with Crippen molar-refractivity contribution < 1.29 is 32.0 Å². The number of rotatable bonds is 6. The molecule has 30 heavy (non-hydrogen) atoms. The van der Waals surface area contributed by atoms with Crippen molar-refractivity contribution in [1.29, 1.82) is 0 Å². The molecule has 158 valence electrons. The quantitative estimate of drug-likeness (QED) is 0.643. The number of carbonyl (C=O) groups excluding carboxylic acids is 1. The number of amides is 1. The molecular weight excluding hydrogens is 405 g/mol. The van der Waals surface area contributed by atoms with Crippen LogP contribution in [-0.4, -0.2) is 28.3 Å². The highest BCUT2D eigenvalue weighted by Gasteiger charge is 2.38. The molecule has 11 heteroatoms. The Morgan fingerprint density at radius 2 is 2.03 bits per heavy atom. The molecule has 2 heterocycles. The first-order chi connectivity index (χ1) is 14.3. The molecule has 0 spiro atoms. The molecule has 0 aliphatic carbocycles. The molecule has 0 saturated carbocycles. The number of nitrogens with zero attached hydrogens (tertiary/aromatic N) is 3. The molecule has 3 rings (SSSR count). The minimum atomic E-state index is -4.70. The summed E-state index contributed by atoms with van der Waals surface area (Å²) in [6, 6.07) is 6.45. The van der Waals surface area contributed by atoms with E-state index in [4.69, 9.17) is 9.47 Å². The van der Waals surface area contributed by atoms with Gasteiger partial charge >= 0.3 is 18.2 Å². The molecule has 0 unspecified atom stereocenters. The molecule has 0 fully saturated rings. The number of halogens is 3. The summed E-state index contributed by atoms with van der Waals surface area (Å²) in [6.45, 7) is 1.90. The van der Waals surface area contributed by atoms with Gasteiger partial charge in [0.25, 0.3) is 0 Å². The summed E-state index contributed by atoms with van der Waals surface area (Å²) in [4.78, 5) is 19.3. The zero-order chi connectivity index (χ0) is 21.7. The Balaban J connectivity index is 1.58. The van der Waals surface area contributed by atoms with Crippen LogP contribution < -0.4 is 10.1 Å². The van der Waals surface area contributed by atoms with Gasteiger partial charge < -0.3 is 19.3 Å². The number of pyridine rings is 1. The van der Waals surface area contributed by atoms with E-state index in [0.717, 1.165) is 11.1 Å². The van der Waals surface area contributed by atoms with Gasteiger partial charge in [-0.15, -0.1) is 0 Å². The van der Waals surface area contributed by atoms with E-state index >= 15 is 0 Å². The van der Waals surface area contributed by atoms with Crippen molar-refractivity contribution in [3.05, 3.63) is 59.2 Å². The van der Waals surface area contributed by atoms with Gasteiger partial charge in [-0.05, 0) is 30.2 Å². The van der Waals surface area contributed by atoms with Crippen LogP contribution >= 0.6 is 0 Å². The third kappa shape index (κ3) is 5.04. The number of alkyl carbamates (subject to hydrolysis) is 1. The summed E-state index contributed by atoms with van der Waals surface area (Å²) < 4.78 is 52.3. The predicted octanol–water partition coefficient (Wildman–Crippen LogP) is 3.89. The van der Waals surface area contributed by atoms with E-state index in [9.17, 15) is 18.0 Å². The van der Waals surface area contributed by atoms with Crippen molar-refractivity contribution in [1.82, 2.24) is 20.4 Å². The Morgan fingerprint density at radius 1 is 1.23 bits per heavy atom. The average Bonchev–Trinajstić information content (AvgIpc) is 3.22. The van der Waals surface area contributed by atoms with E-state index in [2.05, 4.69) is 25.0 Å². The Morgan fingerprint density at radius 3 is 2.70 bits per heavy atom. The molecule has 0 bridgehead atoms. The molecule has 0 atom stereocenters. The lowest BCUT2D eigenvalue weighted by Crippen LogP contribution is -2.24. The van der Waals surface area contributed by atoms with Crippen molar-refractivity contribution in [2.45, 2.75) is 26.3 Å². The third-order valence-corrected chi connectivity index (χ3v) is 4.13. The highest BCUT2D eigenvalue weighted by atomic mass is 19.4. The first-order valence-electron chi connectivity index (χ1n) is 8.66. The van der Waals surface area contributed by atoms with Crippen LogP contribution in [0.2, 0.25) is 0 Å². The van der Waals surface area contributed by atoms with Gasteiger partial charge in [-0.1, -0.05) is 17.3 Å². The standard InChI is InChI=1S/C19H17F3N4O4/c1-11-7-12(16-25-17(30-26-16)19(20,21)22)3-4-13(11)9-24-18(27)29-10-14-8-23-6-5-15(14)28-2/h3-8H,9-10H2,1-2H3,(H,24,27). The van der Waals surface area contributed by atoms with Crippen LogP contribution in [0.4, 0.5) is 18.0 Å². The first-order valence-corrected chi connectivity index (χ1v) is 8.66. The number of aromatic nitrogens is 3. The largest absolute Gasteiger partial charge is 0.496 e. The first kappa shape index (κ1) is 21.1. The van der Waals surface area contributed by atoms with Crippen molar-refractivity contribution in [3.63, 3.8) is 0 Å². The van der Waals surface area contributed by atoms with Crippen molar-refractivity contribution in [2.75, 3.05) is 7.11 Å². The van der Waals surface area contributed by atoms with Gasteiger partial charge in [-0.3, -0.25) is 4.98 Å². The second-order valence-corrected chi connectivity index (χ2v) is 6.18. The lowest BCUT2D eigenvalue weighted by Gasteiger charge is -2.11. The smallest absolute Gasteiger partial charge is 0.471 e. The van der Waals surface area contributed by atoms with Crippen LogP contribution in [-0.2, 0) is 24.1 Å². The average molecular weight is 422 g/mol. The lowest BCUT2D eigenvalue weighted by molar-refractivity contribution is -0.159. The molecule has 1 aromatic carbocycles. The molecule has 8 nitrogen and oxygen atoms in total. The van der Waals surface area contributed by atoms with E-state index in [1.54, 1.807) is 37.4 Å². The monoisotopic (exact) mass is 422 g/mol. The number of ether oxygens (including phenoxy) is 2. The van der Waals surface area contributed by atoms with Crippen LogP contribution in [0.3, 0.4) is 0 Å². The second kappa shape index (κ2) is 8.80. The Hall–Kier alpha value is -3.63. The molecule has 0 radical (unpaired) electrons. The summed E-state index contributed by atoms with van der Waals surface area (Å²) in [5.41, 5.74) is 2.45. The van der Waals surface area contributed by atoms with Crippen LogP contribution in [0.1, 0.15) is 22.6 Å². The second-order valence-electron chi connectivity index (χ2n) is 6.18. The van der Waals surface area contributed by atoms with Gasteiger partial charge in [0.1, 0.15) is 12.4 Å². The fourth-order valence-corrected chi connectivity index (χ4v) is 2.57. The molecule has 1 amide bonds. The van der Waals surface area contributed by atoms with Crippen LogP contribution in [0.15, 0.2) is 41.2 Å². The van der Waals surface area contributed by atoms with E-state index < -0.39 is 18.2 Å². The molecule has 1 N–H and O–H groups in total. The van der Waals surface area contributed by atoms with Crippen molar-refractivity contribution >= 4 is 6.09 Å². The summed E-state index contributed by atoms with van der Waals surface area (Å²) in [5, 5.41) is 5.96. The minimum absolute atomic E-state index is 0.0138. The normalized spacial score (nSPS) is 11.2. The predicted molar refractivity (Wildman–Crippen MR) is 97.3 cm³/mol. The van der Waals surface area contributed by atoms with Crippen LogP contribution in [0, 0.1) is 6.92 Å². The van der Waals surface area contributed by atoms with E-state index in [1.165, 1.54) is 13.3 Å². The molecule has 2 aromatic heterocycles. The number of alkyl halides is 3. The Labute approximate surface area is 169 Å². The summed E-state index contributed by atoms with van der Waals surface area (Å²) in [7, 11) is 1.50. The summed E-state index contributed by atoms with van der Waals surface area (Å²) in [6.07, 6.45) is -2.24. The number of nitrogens with one attached hydrogen (secondary N) is 1. The maximum Gasteiger partial charge on any atom is 0.471 e. The van der Waals surface area contributed by atoms with Crippen molar-refractivity contribution in [2.24, 2.45) is 0 Å². The number of methoxy groups -OCH3 is 1. The van der Waals surface area contributed by atoms with Gasteiger partial charge in [0.2, 0.25) is 5.82 Å². The number of benzene rings is 1. The lowest BCUT2D eigenvalue weighted by atomic mass is 10.0. The van der Waals surface area contributed by atoms with Crippen molar-refractivity contribution in [3.8, 4) is 17.1 Å². The van der Waals surface area contributed by atoms with E-state index in [0.29, 0.717) is 16.9 Å². The molecule has 0 aliphatic rings. The maximum absolute atomic E-state index is 12.6. The van der Waals surface area contributed by atoms with E-state index in [-0.39, 0.29) is 19.0 Å². The number of hydrogen-bond acceptors (Lipinski definition) is 7. The molecule has 3 aromatic rings. The third-order valence-electron chi connectivity index (χ3n) is 4.13. The van der Waals surface area contributed by atoms with Gasteiger partial charge in [-0.25, -0.2) is 4.79 Å². The fraction of sp³-hybridized carbons (Fsp3) is 0.263. The maximum atomic E-state index is 12.6. The summed E-state index contributed by atoms with van der Waals surface area (Å²) >= 11 is 0. The highest BCUT2D eigenvalue weighted by Crippen LogP contribution is 2.29. The number of carbonyl (C=O) groups is 1. The number of aryl methyl sites for hydroxylation is 1. The molecule has 0 saturated heterocycles. The Bertz CT molecular complexity index is 1040. The topological polar surface area (TPSA) is 99.4 Å². The Kier molecular flexibility index (Phi) is 6.19. The van der Waals surface area contributed by atoms with Gasteiger partial charge in [0, 0.05) is 30.1 Å². The zero-order valence-corrected chi connectivity index (χ0v) is 16.0. The van der Waals surface area contributed by atoms with E-state index in [1.807, 2.05) is 0 Å². The molecule has 0 aliphatic heterocycles. The minimum Gasteiger partial charge on any atom is -0.496 e. The van der Waals surface area contributed by atoms with Gasteiger partial charge in [0.05, 0.1) is 7.11 Å². The van der Waals surface area contributed by atoms with Gasteiger partial charge in [-0.2, -0.15) is 18.2 Å². The summed E-state index contributed by atoms with van der Waals surface area (Å²) in [5.74, 6) is -1.02. The zero-order valence-electron chi connectivity index (χ0n) is 16.0. The SMILES string of the molecule is COc1ccncc1COC(=O)NCc1ccc(-c2noc(C(F)(F)F)n2)cc1C. The van der Waals surface area contributed by atoms with Crippen LogP contribution in [0.25, 0.3) is 11.4 Å². The fourth-order valence-electron chi connectivity index (χ4n) is 2.57. The van der Waals surface area contributed by atoms with Gasteiger partial charge in [0.15, 0.2) is 0 Å². The van der Waals surface area contributed by atoms with Crippen LogP contribution in [0.5, 0.6) is 5.75 Å². The number of hydrogen-bond donors (Lipinski definition) is 1.